The molecule has 0 radical (unpaired) electrons. The second kappa shape index (κ2) is 11.7. The molecule has 156 valence electrons. The highest BCUT2D eigenvalue weighted by Gasteiger charge is 2.22. The maximum Gasteiger partial charge on any atom is 0.251 e. The fourth-order valence-corrected chi connectivity index (χ4v) is 3.39. The number of rotatable bonds is 8. The van der Waals surface area contributed by atoms with E-state index in [1.54, 1.807) is 14.1 Å². The Morgan fingerprint density at radius 3 is 2.43 bits per heavy atom. The maximum absolute atomic E-state index is 11.6. The molecule has 3 N–H and O–H groups in total. The summed E-state index contributed by atoms with van der Waals surface area (Å²) in [5.41, 5.74) is 1.76. The molecule has 1 aliphatic rings. The van der Waals surface area contributed by atoms with Crippen molar-refractivity contribution in [3.05, 3.63) is 35.4 Å². The molecule has 1 aromatic carbocycles. The van der Waals surface area contributed by atoms with Gasteiger partial charge >= 0.3 is 0 Å². The fourth-order valence-electron chi connectivity index (χ4n) is 3.39. The van der Waals surface area contributed by atoms with Crippen molar-refractivity contribution in [3.8, 4) is 0 Å². The Kier molecular flexibility index (Phi) is 9.23. The third kappa shape index (κ3) is 7.13. The van der Waals surface area contributed by atoms with Crippen molar-refractivity contribution in [3.63, 3.8) is 0 Å². The van der Waals surface area contributed by atoms with Crippen LogP contribution in [0.3, 0.4) is 0 Å². The lowest BCUT2D eigenvalue weighted by atomic mass is 10.0. The molecular weight excluding hydrogens is 354 g/mol. The average molecular weight is 390 g/mol. The molecule has 1 saturated heterocycles. The highest BCUT2D eigenvalue weighted by molar-refractivity contribution is 5.93. The first kappa shape index (κ1) is 22.2. The van der Waals surface area contributed by atoms with Crippen LogP contribution in [0.25, 0.3) is 0 Å². The SMILES string of the molecule is CN=C(NCc1ccc(C(=O)NC)cc1)NCC(CC(C)C)N1CCOCC1. The van der Waals surface area contributed by atoms with Crippen LogP contribution in [-0.4, -0.2) is 69.8 Å². The van der Waals surface area contributed by atoms with E-state index in [4.69, 9.17) is 4.74 Å². The Morgan fingerprint density at radius 2 is 1.86 bits per heavy atom. The van der Waals surface area contributed by atoms with Crippen LogP contribution < -0.4 is 16.0 Å². The van der Waals surface area contributed by atoms with Gasteiger partial charge < -0.3 is 20.7 Å². The summed E-state index contributed by atoms with van der Waals surface area (Å²) in [6.07, 6.45) is 1.14. The van der Waals surface area contributed by atoms with Crippen molar-refractivity contribution in [1.82, 2.24) is 20.9 Å². The lowest BCUT2D eigenvalue weighted by Gasteiger charge is -2.35. The number of nitrogens with one attached hydrogen (secondary N) is 3. The first-order chi connectivity index (χ1) is 13.5. The molecule has 0 bridgehead atoms. The molecule has 28 heavy (non-hydrogen) atoms. The number of hydrogen-bond acceptors (Lipinski definition) is 4. The second-order valence-corrected chi connectivity index (χ2v) is 7.51. The van der Waals surface area contributed by atoms with Gasteiger partial charge in [-0.25, -0.2) is 0 Å². The Hall–Kier alpha value is -2.12. The van der Waals surface area contributed by atoms with Gasteiger partial charge in [0.05, 0.1) is 13.2 Å². The Balaban J connectivity index is 1.85. The molecule has 1 amide bonds. The zero-order chi connectivity index (χ0) is 20.4. The van der Waals surface area contributed by atoms with E-state index in [0.29, 0.717) is 24.1 Å². The number of benzene rings is 1. The predicted molar refractivity (Wildman–Crippen MR) is 114 cm³/mol. The molecule has 0 spiro atoms. The van der Waals surface area contributed by atoms with Crippen LogP contribution in [0.2, 0.25) is 0 Å². The molecule has 1 aromatic rings. The van der Waals surface area contributed by atoms with Gasteiger partial charge in [0.25, 0.3) is 5.91 Å². The number of aliphatic imine (C=N–C) groups is 1. The number of morpholine rings is 1. The highest BCUT2D eigenvalue weighted by Crippen LogP contribution is 2.13. The van der Waals surface area contributed by atoms with Crippen molar-refractivity contribution in [2.24, 2.45) is 10.9 Å². The summed E-state index contributed by atoms with van der Waals surface area (Å²) in [5, 5.41) is 9.46. The smallest absolute Gasteiger partial charge is 0.251 e. The van der Waals surface area contributed by atoms with Gasteiger partial charge in [0.1, 0.15) is 0 Å². The van der Waals surface area contributed by atoms with Crippen LogP contribution in [-0.2, 0) is 11.3 Å². The predicted octanol–water partition coefficient (Wildman–Crippen LogP) is 1.46. The monoisotopic (exact) mass is 389 g/mol. The molecule has 1 heterocycles. The molecule has 1 fully saturated rings. The van der Waals surface area contributed by atoms with E-state index in [9.17, 15) is 4.79 Å². The minimum atomic E-state index is -0.0729. The lowest BCUT2D eigenvalue weighted by molar-refractivity contribution is 0.0132. The minimum Gasteiger partial charge on any atom is -0.379 e. The van der Waals surface area contributed by atoms with E-state index in [1.807, 2.05) is 24.3 Å². The largest absolute Gasteiger partial charge is 0.379 e. The number of hydrogen-bond donors (Lipinski definition) is 3. The number of carbonyl (C=O) groups excluding carboxylic acids is 1. The lowest BCUT2D eigenvalue weighted by Crippen LogP contribution is -2.50. The van der Waals surface area contributed by atoms with Crippen molar-refractivity contribution in [1.29, 1.82) is 0 Å². The third-order valence-corrected chi connectivity index (χ3v) is 4.94. The number of nitrogens with zero attached hydrogens (tertiary/aromatic N) is 2. The molecule has 1 unspecified atom stereocenters. The van der Waals surface area contributed by atoms with E-state index >= 15 is 0 Å². The normalized spacial score (nSPS) is 16.7. The van der Waals surface area contributed by atoms with Gasteiger partial charge in [-0.05, 0) is 30.0 Å². The third-order valence-electron chi connectivity index (χ3n) is 4.94. The number of amides is 1. The van der Waals surface area contributed by atoms with Crippen molar-refractivity contribution >= 4 is 11.9 Å². The molecule has 2 rings (SSSR count). The Morgan fingerprint density at radius 1 is 1.18 bits per heavy atom. The first-order valence-corrected chi connectivity index (χ1v) is 10.1. The van der Waals surface area contributed by atoms with Crippen LogP contribution in [0.1, 0.15) is 36.2 Å². The molecule has 7 heteroatoms. The van der Waals surface area contributed by atoms with Gasteiger partial charge in [-0.2, -0.15) is 0 Å². The zero-order valence-corrected chi connectivity index (χ0v) is 17.6. The van der Waals surface area contributed by atoms with Crippen LogP contribution in [0.15, 0.2) is 29.3 Å². The summed E-state index contributed by atoms with van der Waals surface area (Å²) >= 11 is 0. The van der Waals surface area contributed by atoms with Gasteiger partial charge in [-0.15, -0.1) is 0 Å². The van der Waals surface area contributed by atoms with Crippen molar-refractivity contribution < 1.29 is 9.53 Å². The standard InChI is InChI=1S/C21H35N5O2/c1-16(2)13-19(26-9-11-28-12-10-26)15-25-21(23-4)24-14-17-5-7-18(8-6-17)20(27)22-3/h5-8,16,19H,9-15H2,1-4H3,(H,22,27)(H2,23,24,25). The maximum atomic E-state index is 11.6. The minimum absolute atomic E-state index is 0.0729. The summed E-state index contributed by atoms with van der Waals surface area (Å²) in [4.78, 5) is 18.5. The van der Waals surface area contributed by atoms with Gasteiger partial charge in [0, 0.05) is 51.9 Å². The number of carbonyl (C=O) groups is 1. The van der Waals surface area contributed by atoms with Gasteiger partial charge in [-0.1, -0.05) is 26.0 Å². The molecule has 0 aromatic heterocycles. The topological polar surface area (TPSA) is 78.0 Å². The van der Waals surface area contributed by atoms with E-state index < -0.39 is 0 Å². The molecule has 0 saturated carbocycles. The highest BCUT2D eigenvalue weighted by atomic mass is 16.5. The fraction of sp³-hybridized carbons (Fsp3) is 0.619. The van der Waals surface area contributed by atoms with E-state index in [0.717, 1.165) is 50.8 Å². The van der Waals surface area contributed by atoms with Crippen molar-refractivity contribution in [2.75, 3.05) is 46.9 Å². The van der Waals surface area contributed by atoms with Gasteiger partial charge in [0.15, 0.2) is 5.96 Å². The second-order valence-electron chi connectivity index (χ2n) is 7.51. The Bertz CT molecular complexity index is 624. The molecule has 1 atom stereocenters. The summed E-state index contributed by atoms with van der Waals surface area (Å²) in [6, 6.07) is 8.06. The van der Waals surface area contributed by atoms with Crippen LogP contribution in [0.5, 0.6) is 0 Å². The summed E-state index contributed by atoms with van der Waals surface area (Å²) in [6.45, 7) is 9.65. The summed E-state index contributed by atoms with van der Waals surface area (Å²) in [7, 11) is 3.42. The van der Waals surface area contributed by atoms with E-state index in [2.05, 4.69) is 39.7 Å². The van der Waals surface area contributed by atoms with Gasteiger partial charge in [-0.3, -0.25) is 14.7 Å². The van der Waals surface area contributed by atoms with E-state index in [1.165, 1.54) is 0 Å². The zero-order valence-electron chi connectivity index (χ0n) is 17.6. The first-order valence-electron chi connectivity index (χ1n) is 10.1. The summed E-state index contributed by atoms with van der Waals surface area (Å²) < 4.78 is 5.50. The molecular formula is C21H35N5O2. The number of guanidine groups is 1. The molecule has 1 aliphatic heterocycles. The molecule has 0 aliphatic carbocycles. The van der Waals surface area contributed by atoms with E-state index in [-0.39, 0.29) is 5.91 Å². The number of ether oxygens (including phenoxy) is 1. The van der Waals surface area contributed by atoms with Gasteiger partial charge in [0.2, 0.25) is 0 Å². The van der Waals surface area contributed by atoms with Crippen LogP contribution >= 0.6 is 0 Å². The molecule has 7 nitrogen and oxygen atoms in total. The van der Waals surface area contributed by atoms with Crippen LogP contribution in [0, 0.1) is 5.92 Å². The van der Waals surface area contributed by atoms with Crippen molar-refractivity contribution in [2.45, 2.75) is 32.9 Å². The van der Waals surface area contributed by atoms with Crippen LogP contribution in [0.4, 0.5) is 0 Å². The quantitative estimate of drug-likeness (QED) is 0.463. The summed E-state index contributed by atoms with van der Waals surface area (Å²) in [5.74, 6) is 1.36. The average Bonchev–Trinajstić information content (AvgIpc) is 2.73. The Labute approximate surface area is 168 Å².